The summed E-state index contributed by atoms with van der Waals surface area (Å²) in [4.78, 5) is 10.3. The van der Waals surface area contributed by atoms with Gasteiger partial charge in [-0.2, -0.15) is 0 Å². The second kappa shape index (κ2) is 6.98. The van der Waals surface area contributed by atoms with E-state index in [4.69, 9.17) is 4.74 Å². The van der Waals surface area contributed by atoms with Crippen molar-refractivity contribution in [3.63, 3.8) is 0 Å². The van der Waals surface area contributed by atoms with Gasteiger partial charge < -0.3 is 4.74 Å². The molecule has 0 aromatic heterocycles. The number of nitro benzene ring substituents is 1. The highest BCUT2D eigenvalue weighted by Gasteiger charge is 2.27. The molecule has 0 spiro atoms. The molecular formula is C16H18N2O5S. The Hall–Kier alpha value is -2.45. The zero-order valence-electron chi connectivity index (χ0n) is 13.3. The average Bonchev–Trinajstić information content (AvgIpc) is 2.53. The van der Waals surface area contributed by atoms with Crippen molar-refractivity contribution in [3.05, 3.63) is 64.7 Å². The summed E-state index contributed by atoms with van der Waals surface area (Å²) < 4.78 is 32.8. The van der Waals surface area contributed by atoms with Crippen molar-refractivity contribution >= 4 is 15.7 Å². The maximum Gasteiger partial charge on any atom is 0.269 e. The number of benzene rings is 2. The molecule has 0 bridgehead atoms. The first-order valence-corrected chi connectivity index (χ1v) is 8.64. The number of sulfonamides is 1. The van der Waals surface area contributed by atoms with Crippen LogP contribution < -0.4 is 9.46 Å². The van der Waals surface area contributed by atoms with Crippen molar-refractivity contribution in [1.29, 1.82) is 0 Å². The van der Waals surface area contributed by atoms with E-state index >= 15 is 0 Å². The van der Waals surface area contributed by atoms with Gasteiger partial charge in [-0.15, -0.1) is 0 Å². The minimum atomic E-state index is -3.66. The molecule has 0 unspecified atom stereocenters. The minimum absolute atomic E-state index is 0.0357. The van der Waals surface area contributed by atoms with Crippen LogP contribution in [0.15, 0.2) is 59.5 Å². The highest BCUT2D eigenvalue weighted by atomic mass is 32.2. The number of ether oxygens (including phenoxy) is 1. The first kappa shape index (κ1) is 17.9. The Labute approximate surface area is 140 Å². The molecule has 7 nitrogen and oxygen atoms in total. The molecule has 0 heterocycles. The second-order valence-corrected chi connectivity index (χ2v) is 7.52. The van der Waals surface area contributed by atoms with Crippen molar-refractivity contribution in [3.8, 4) is 5.75 Å². The van der Waals surface area contributed by atoms with Crippen LogP contribution in [0.3, 0.4) is 0 Å². The highest BCUT2D eigenvalue weighted by molar-refractivity contribution is 7.89. The third-order valence-electron chi connectivity index (χ3n) is 3.11. The largest absolute Gasteiger partial charge is 0.492 e. The van der Waals surface area contributed by atoms with E-state index in [0.717, 1.165) is 0 Å². The van der Waals surface area contributed by atoms with Crippen LogP contribution in [0.2, 0.25) is 0 Å². The summed E-state index contributed by atoms with van der Waals surface area (Å²) in [6, 6.07) is 13.7. The lowest BCUT2D eigenvalue weighted by Gasteiger charge is -2.26. The molecule has 128 valence electrons. The molecule has 0 saturated heterocycles. The van der Waals surface area contributed by atoms with Gasteiger partial charge in [0, 0.05) is 12.1 Å². The van der Waals surface area contributed by atoms with E-state index in [1.807, 2.05) is 0 Å². The van der Waals surface area contributed by atoms with Crippen LogP contribution >= 0.6 is 0 Å². The van der Waals surface area contributed by atoms with Gasteiger partial charge in [-0.1, -0.05) is 18.2 Å². The lowest BCUT2D eigenvalue weighted by molar-refractivity contribution is -0.384. The van der Waals surface area contributed by atoms with Crippen LogP contribution in [0.4, 0.5) is 5.69 Å². The van der Waals surface area contributed by atoms with E-state index in [9.17, 15) is 18.5 Å². The lowest BCUT2D eigenvalue weighted by atomic mass is 10.1. The summed E-state index contributed by atoms with van der Waals surface area (Å²) in [5, 5.41) is 10.6. The lowest BCUT2D eigenvalue weighted by Crippen LogP contribution is -2.47. The van der Waals surface area contributed by atoms with Crippen molar-refractivity contribution in [2.75, 3.05) is 6.61 Å². The van der Waals surface area contributed by atoms with Crippen LogP contribution in [0, 0.1) is 10.1 Å². The molecule has 0 radical (unpaired) electrons. The molecule has 0 aliphatic rings. The number of hydrogen-bond acceptors (Lipinski definition) is 5. The summed E-state index contributed by atoms with van der Waals surface area (Å²) >= 11 is 0. The van der Waals surface area contributed by atoms with Crippen molar-refractivity contribution in [2.45, 2.75) is 24.3 Å². The topological polar surface area (TPSA) is 98.5 Å². The van der Waals surface area contributed by atoms with Gasteiger partial charge in [-0.25, -0.2) is 13.1 Å². The van der Waals surface area contributed by atoms with Crippen LogP contribution in [-0.4, -0.2) is 25.5 Å². The summed E-state index contributed by atoms with van der Waals surface area (Å²) in [5.74, 6) is 0.424. The monoisotopic (exact) mass is 350 g/mol. The zero-order valence-corrected chi connectivity index (χ0v) is 14.1. The second-order valence-electron chi connectivity index (χ2n) is 5.84. The summed E-state index contributed by atoms with van der Waals surface area (Å²) in [5.41, 5.74) is -0.900. The van der Waals surface area contributed by atoms with E-state index in [1.165, 1.54) is 36.4 Å². The Bertz CT molecular complexity index is 802. The van der Waals surface area contributed by atoms with Gasteiger partial charge in [0.15, 0.2) is 0 Å². The van der Waals surface area contributed by atoms with Crippen LogP contribution in [0.1, 0.15) is 13.8 Å². The normalized spacial score (nSPS) is 11.9. The van der Waals surface area contributed by atoms with Crippen molar-refractivity contribution in [1.82, 2.24) is 4.72 Å². The van der Waals surface area contributed by atoms with Crippen LogP contribution in [-0.2, 0) is 10.0 Å². The van der Waals surface area contributed by atoms with Crippen molar-refractivity contribution < 1.29 is 18.1 Å². The number of rotatable bonds is 7. The molecule has 0 amide bonds. The molecule has 0 aliphatic carbocycles. The fourth-order valence-electron chi connectivity index (χ4n) is 1.98. The first-order valence-electron chi connectivity index (χ1n) is 7.16. The van der Waals surface area contributed by atoms with Gasteiger partial charge >= 0.3 is 0 Å². The number of nitrogens with zero attached hydrogens (tertiary/aromatic N) is 1. The van der Waals surface area contributed by atoms with Crippen molar-refractivity contribution in [2.24, 2.45) is 0 Å². The van der Waals surface area contributed by atoms with E-state index in [-0.39, 0.29) is 17.2 Å². The Morgan fingerprint density at radius 1 is 1.08 bits per heavy atom. The van der Waals surface area contributed by atoms with Gasteiger partial charge in [-0.05, 0) is 38.1 Å². The third-order valence-corrected chi connectivity index (χ3v) is 4.83. The Morgan fingerprint density at radius 3 is 2.21 bits per heavy atom. The predicted octanol–water partition coefficient (Wildman–Crippen LogP) is 2.73. The molecule has 1 N–H and O–H groups in total. The first-order chi connectivity index (χ1) is 11.2. The molecular weight excluding hydrogens is 332 g/mol. The molecule has 8 heteroatoms. The highest BCUT2D eigenvalue weighted by Crippen LogP contribution is 2.19. The standard InChI is InChI=1S/C16H18N2O5S/c1-16(2,17-24(21,22)15-6-4-3-5-7-15)12-23-14-10-8-13(9-11-14)18(19)20/h3-11,17H,12H2,1-2H3. The Kier molecular flexibility index (Phi) is 5.20. The quantitative estimate of drug-likeness (QED) is 0.611. The number of non-ortho nitro benzene ring substituents is 1. The fraction of sp³-hybridized carbons (Fsp3) is 0.250. The molecule has 0 aliphatic heterocycles. The van der Waals surface area contributed by atoms with E-state index in [0.29, 0.717) is 5.75 Å². The van der Waals surface area contributed by atoms with Gasteiger partial charge in [0.05, 0.1) is 15.4 Å². The molecule has 2 aromatic rings. The van der Waals surface area contributed by atoms with E-state index in [1.54, 1.807) is 32.0 Å². The summed E-state index contributed by atoms with van der Waals surface area (Å²) in [7, 11) is -3.66. The Balaban J connectivity index is 2.02. The predicted molar refractivity (Wildman–Crippen MR) is 89.4 cm³/mol. The third kappa shape index (κ3) is 4.77. The van der Waals surface area contributed by atoms with E-state index in [2.05, 4.69) is 4.72 Å². The minimum Gasteiger partial charge on any atom is -0.492 e. The summed E-state index contributed by atoms with van der Waals surface area (Å²) in [6.45, 7) is 3.45. The van der Waals surface area contributed by atoms with Gasteiger partial charge in [0.2, 0.25) is 10.0 Å². The van der Waals surface area contributed by atoms with Gasteiger partial charge in [0.1, 0.15) is 12.4 Å². The Morgan fingerprint density at radius 2 is 1.67 bits per heavy atom. The maximum absolute atomic E-state index is 12.3. The zero-order chi connectivity index (χ0) is 17.8. The maximum atomic E-state index is 12.3. The average molecular weight is 350 g/mol. The fourth-order valence-corrected chi connectivity index (χ4v) is 3.40. The number of hydrogen-bond donors (Lipinski definition) is 1. The van der Waals surface area contributed by atoms with Gasteiger partial charge in [0.25, 0.3) is 5.69 Å². The SMILES string of the molecule is CC(C)(COc1ccc([N+](=O)[O-])cc1)NS(=O)(=O)c1ccccc1. The van der Waals surface area contributed by atoms with Crippen LogP contribution in [0.25, 0.3) is 0 Å². The number of nitro groups is 1. The molecule has 0 atom stereocenters. The molecule has 0 saturated carbocycles. The smallest absolute Gasteiger partial charge is 0.269 e. The molecule has 24 heavy (non-hydrogen) atoms. The summed E-state index contributed by atoms with van der Waals surface area (Å²) in [6.07, 6.45) is 0. The number of nitrogens with one attached hydrogen (secondary N) is 1. The molecule has 2 aromatic carbocycles. The molecule has 2 rings (SSSR count). The van der Waals surface area contributed by atoms with E-state index < -0.39 is 20.5 Å². The van der Waals surface area contributed by atoms with Gasteiger partial charge in [-0.3, -0.25) is 10.1 Å². The molecule has 0 fully saturated rings. The van der Waals surface area contributed by atoms with Crippen LogP contribution in [0.5, 0.6) is 5.75 Å².